The number of pyridine rings is 1. The molecule has 0 N–H and O–H groups in total. The van der Waals surface area contributed by atoms with Crippen LogP contribution < -0.4 is 0 Å². The maximum atomic E-state index is 4.83. The molecule has 1 heterocycles. The van der Waals surface area contributed by atoms with Crippen molar-refractivity contribution in [2.24, 2.45) is 0 Å². The lowest BCUT2D eigenvalue weighted by Gasteiger charge is -2.23. The molecule has 28 heavy (non-hydrogen) atoms. The van der Waals surface area contributed by atoms with Crippen LogP contribution in [-0.2, 0) is 0 Å². The molecular formula is C27H31N. The van der Waals surface area contributed by atoms with Crippen molar-refractivity contribution in [2.45, 2.75) is 76.5 Å². The van der Waals surface area contributed by atoms with Gasteiger partial charge in [-0.3, -0.25) is 4.98 Å². The first kappa shape index (κ1) is 17.9. The Kier molecular flexibility index (Phi) is 4.93. The Labute approximate surface area is 169 Å². The van der Waals surface area contributed by atoms with E-state index in [9.17, 15) is 0 Å². The van der Waals surface area contributed by atoms with Gasteiger partial charge < -0.3 is 0 Å². The third kappa shape index (κ3) is 3.48. The van der Waals surface area contributed by atoms with Gasteiger partial charge in [0.15, 0.2) is 0 Å². The van der Waals surface area contributed by atoms with E-state index < -0.39 is 0 Å². The highest BCUT2D eigenvalue weighted by Gasteiger charge is 2.19. The van der Waals surface area contributed by atoms with E-state index >= 15 is 0 Å². The molecule has 2 aliphatic carbocycles. The Morgan fingerprint density at radius 1 is 0.714 bits per heavy atom. The molecule has 2 aromatic carbocycles. The molecule has 2 saturated carbocycles. The molecule has 1 heteroatoms. The average Bonchev–Trinajstić information content (AvgIpc) is 3.28. The summed E-state index contributed by atoms with van der Waals surface area (Å²) in [6.45, 7) is 2.24. The largest absolute Gasteiger partial charge is 0.256 e. The van der Waals surface area contributed by atoms with E-state index in [0.717, 1.165) is 17.5 Å². The van der Waals surface area contributed by atoms with Crippen molar-refractivity contribution < 1.29 is 0 Å². The van der Waals surface area contributed by atoms with Crippen molar-refractivity contribution >= 4 is 10.8 Å². The van der Waals surface area contributed by atoms with Crippen LogP contribution in [0.15, 0.2) is 48.7 Å². The third-order valence-electron chi connectivity index (χ3n) is 7.06. The molecule has 0 bridgehead atoms. The quantitative estimate of drug-likeness (QED) is 0.457. The lowest BCUT2D eigenvalue weighted by molar-refractivity contribution is 0.443. The van der Waals surface area contributed by atoms with Crippen molar-refractivity contribution in [3.05, 3.63) is 65.4 Å². The number of hydrogen-bond acceptors (Lipinski definition) is 1. The second-order valence-electron chi connectivity index (χ2n) is 9.09. The van der Waals surface area contributed by atoms with E-state index in [1.165, 1.54) is 90.8 Å². The summed E-state index contributed by atoms with van der Waals surface area (Å²) < 4.78 is 0. The normalized spacial score (nSPS) is 18.8. The summed E-state index contributed by atoms with van der Waals surface area (Å²) in [6.07, 6.45) is 14.3. The number of hydrogen-bond donors (Lipinski definition) is 0. The first-order valence-electron chi connectivity index (χ1n) is 11.3. The predicted octanol–water partition coefficient (Wildman–Crippen LogP) is 7.92. The summed E-state index contributed by atoms with van der Waals surface area (Å²) in [4.78, 5) is 4.83. The first-order chi connectivity index (χ1) is 13.8. The maximum Gasteiger partial charge on any atom is 0.0780 e. The molecule has 0 atom stereocenters. The zero-order chi connectivity index (χ0) is 18.9. The van der Waals surface area contributed by atoms with Gasteiger partial charge in [0.05, 0.1) is 5.69 Å². The van der Waals surface area contributed by atoms with Crippen LogP contribution in [0.4, 0.5) is 0 Å². The Morgan fingerprint density at radius 3 is 2.21 bits per heavy atom. The van der Waals surface area contributed by atoms with E-state index in [-0.39, 0.29) is 0 Å². The molecular weight excluding hydrogens is 338 g/mol. The minimum Gasteiger partial charge on any atom is -0.256 e. The van der Waals surface area contributed by atoms with Crippen molar-refractivity contribution in [3.63, 3.8) is 0 Å². The fourth-order valence-corrected chi connectivity index (χ4v) is 5.56. The van der Waals surface area contributed by atoms with Gasteiger partial charge in [-0.05, 0) is 79.2 Å². The zero-order valence-electron chi connectivity index (χ0n) is 17.1. The molecule has 2 fully saturated rings. The zero-order valence-corrected chi connectivity index (χ0v) is 17.1. The summed E-state index contributed by atoms with van der Waals surface area (Å²) in [5, 5.41) is 2.64. The summed E-state index contributed by atoms with van der Waals surface area (Å²) in [5.41, 5.74) is 6.85. The van der Waals surface area contributed by atoms with Gasteiger partial charge in [-0.1, -0.05) is 61.9 Å². The van der Waals surface area contributed by atoms with Crippen LogP contribution in [0.3, 0.4) is 0 Å². The van der Waals surface area contributed by atoms with E-state index in [1.807, 2.05) is 6.20 Å². The maximum absolute atomic E-state index is 4.83. The Bertz CT molecular complexity index is 975. The van der Waals surface area contributed by atoms with Crippen LogP contribution in [-0.4, -0.2) is 4.98 Å². The Morgan fingerprint density at radius 2 is 1.43 bits per heavy atom. The Hall–Kier alpha value is -2.15. The highest BCUT2D eigenvalue weighted by Crippen LogP contribution is 2.38. The van der Waals surface area contributed by atoms with Crippen LogP contribution in [0.2, 0.25) is 0 Å². The number of aromatic nitrogens is 1. The standard InChI is InChI=1S/C27H31N/c1-19-15-24(21-7-3-2-4-8-21)18-25(16-19)27-26-12-11-22(20-9-5-6-10-20)17-23(26)13-14-28-27/h11-18,20-21H,2-10H2,1H3. The minimum absolute atomic E-state index is 0.733. The minimum atomic E-state index is 0.733. The van der Waals surface area contributed by atoms with Gasteiger partial charge in [0.2, 0.25) is 0 Å². The van der Waals surface area contributed by atoms with Crippen molar-refractivity contribution in [1.29, 1.82) is 0 Å². The molecule has 5 rings (SSSR count). The first-order valence-corrected chi connectivity index (χ1v) is 11.3. The predicted molar refractivity (Wildman–Crippen MR) is 119 cm³/mol. The second kappa shape index (κ2) is 7.70. The van der Waals surface area contributed by atoms with Crippen molar-refractivity contribution in [3.8, 4) is 11.3 Å². The lowest BCUT2D eigenvalue weighted by Crippen LogP contribution is -2.05. The number of nitrogens with zero attached hydrogens (tertiary/aromatic N) is 1. The highest BCUT2D eigenvalue weighted by atomic mass is 14.7. The van der Waals surface area contributed by atoms with Crippen molar-refractivity contribution in [2.75, 3.05) is 0 Å². The molecule has 0 amide bonds. The molecule has 3 aromatic rings. The number of benzene rings is 2. The lowest BCUT2D eigenvalue weighted by atomic mass is 9.82. The van der Waals surface area contributed by atoms with E-state index in [0.29, 0.717) is 0 Å². The second-order valence-corrected chi connectivity index (χ2v) is 9.09. The highest BCUT2D eigenvalue weighted by molar-refractivity contribution is 5.95. The monoisotopic (exact) mass is 369 g/mol. The summed E-state index contributed by atoms with van der Waals surface area (Å²) in [6, 6.07) is 16.5. The topological polar surface area (TPSA) is 12.9 Å². The Balaban J connectivity index is 1.56. The molecule has 1 nitrogen and oxygen atoms in total. The molecule has 144 valence electrons. The molecule has 2 aliphatic rings. The molecule has 1 aromatic heterocycles. The fraction of sp³-hybridized carbons (Fsp3) is 0.444. The summed E-state index contributed by atoms with van der Waals surface area (Å²) in [5.74, 6) is 1.49. The van der Waals surface area contributed by atoms with Crippen molar-refractivity contribution in [1.82, 2.24) is 4.98 Å². The van der Waals surface area contributed by atoms with Gasteiger partial charge in [0.1, 0.15) is 0 Å². The molecule has 0 unspecified atom stereocenters. The van der Waals surface area contributed by atoms with Crippen LogP contribution in [0.25, 0.3) is 22.0 Å². The van der Waals surface area contributed by atoms with Gasteiger partial charge >= 0.3 is 0 Å². The number of fused-ring (bicyclic) bond motifs is 1. The molecule has 0 radical (unpaired) electrons. The van der Waals surface area contributed by atoms with Crippen LogP contribution in [0.1, 0.15) is 86.3 Å². The van der Waals surface area contributed by atoms with E-state index in [4.69, 9.17) is 4.98 Å². The van der Waals surface area contributed by atoms with Gasteiger partial charge in [-0.25, -0.2) is 0 Å². The SMILES string of the molecule is Cc1cc(-c2nccc3cc(C4CCCC4)ccc23)cc(C2CCCCC2)c1. The molecule has 0 aliphatic heterocycles. The van der Waals surface area contributed by atoms with Gasteiger partial charge in [0, 0.05) is 17.1 Å². The van der Waals surface area contributed by atoms with Gasteiger partial charge in [-0.2, -0.15) is 0 Å². The third-order valence-corrected chi connectivity index (χ3v) is 7.06. The average molecular weight is 370 g/mol. The fourth-order valence-electron chi connectivity index (χ4n) is 5.56. The molecule has 0 spiro atoms. The van der Waals surface area contributed by atoms with Crippen LogP contribution in [0.5, 0.6) is 0 Å². The van der Waals surface area contributed by atoms with E-state index in [1.54, 1.807) is 0 Å². The molecule has 0 saturated heterocycles. The summed E-state index contributed by atoms with van der Waals surface area (Å²) in [7, 11) is 0. The smallest absolute Gasteiger partial charge is 0.0780 e. The summed E-state index contributed by atoms with van der Waals surface area (Å²) >= 11 is 0. The van der Waals surface area contributed by atoms with Crippen LogP contribution >= 0.6 is 0 Å². The number of aryl methyl sites for hydroxylation is 1. The van der Waals surface area contributed by atoms with Gasteiger partial charge in [-0.15, -0.1) is 0 Å². The number of rotatable bonds is 3. The van der Waals surface area contributed by atoms with Gasteiger partial charge in [0.25, 0.3) is 0 Å². The van der Waals surface area contributed by atoms with E-state index in [2.05, 4.69) is 49.4 Å². The van der Waals surface area contributed by atoms with Crippen LogP contribution in [0, 0.1) is 6.92 Å².